The van der Waals surface area contributed by atoms with Crippen molar-refractivity contribution in [1.29, 1.82) is 0 Å². The summed E-state index contributed by atoms with van der Waals surface area (Å²) in [6, 6.07) is 16.6. The van der Waals surface area contributed by atoms with Crippen molar-refractivity contribution >= 4 is 5.97 Å². The fourth-order valence-corrected chi connectivity index (χ4v) is 5.92. The van der Waals surface area contributed by atoms with Crippen LogP contribution in [0.4, 0.5) is 0 Å². The lowest BCUT2D eigenvalue weighted by molar-refractivity contribution is 0.0599. The molecule has 0 aliphatic heterocycles. The van der Waals surface area contributed by atoms with Crippen LogP contribution in [0.5, 0.6) is 5.75 Å². The lowest BCUT2D eigenvalue weighted by Crippen LogP contribution is -2.25. The largest absolute Gasteiger partial charge is 0.490 e. The second-order valence-electron chi connectivity index (χ2n) is 10.6. The highest BCUT2D eigenvalue weighted by molar-refractivity contribution is 5.91. The van der Waals surface area contributed by atoms with Crippen LogP contribution in [-0.4, -0.2) is 40.7 Å². The number of hydrogen-bond acceptors (Lipinski definition) is 5. The third-order valence-corrected chi connectivity index (χ3v) is 8.11. The van der Waals surface area contributed by atoms with E-state index in [9.17, 15) is 9.90 Å². The molecule has 1 N–H and O–H groups in total. The summed E-state index contributed by atoms with van der Waals surface area (Å²) in [4.78, 5) is 12.5. The molecule has 2 saturated carbocycles. The van der Waals surface area contributed by atoms with E-state index in [1.54, 1.807) is 6.20 Å². The number of benzene rings is 2. The number of rotatable bonds is 10. The Morgan fingerprint density at radius 1 is 1.11 bits per heavy atom. The van der Waals surface area contributed by atoms with Gasteiger partial charge in [0.1, 0.15) is 11.3 Å². The van der Waals surface area contributed by atoms with Crippen LogP contribution in [0.15, 0.2) is 54.7 Å². The molecule has 2 aliphatic carbocycles. The van der Waals surface area contributed by atoms with Crippen LogP contribution >= 0.6 is 0 Å². The van der Waals surface area contributed by atoms with Gasteiger partial charge in [0.15, 0.2) is 0 Å². The number of carbonyl (C=O) groups excluding carboxylic acids is 1. The Labute approximate surface area is 219 Å². The molecule has 2 unspecified atom stereocenters. The minimum atomic E-state index is -0.359. The Balaban J connectivity index is 1.40. The van der Waals surface area contributed by atoms with E-state index in [2.05, 4.69) is 42.4 Å². The molecule has 5 rings (SSSR count). The molecule has 6 heteroatoms. The van der Waals surface area contributed by atoms with E-state index in [0.29, 0.717) is 17.4 Å². The molecule has 1 aromatic heterocycles. The highest BCUT2D eigenvalue weighted by Gasteiger charge is 2.42. The molecular weight excluding hydrogens is 464 g/mol. The summed E-state index contributed by atoms with van der Waals surface area (Å²) in [5.74, 6) is 1.87. The van der Waals surface area contributed by atoms with Crippen molar-refractivity contribution in [1.82, 2.24) is 9.78 Å². The predicted molar refractivity (Wildman–Crippen MR) is 144 cm³/mol. The van der Waals surface area contributed by atoms with E-state index < -0.39 is 0 Å². The number of nitrogens with zero attached hydrogens (tertiary/aromatic N) is 2. The smallest absolute Gasteiger partial charge is 0.341 e. The van der Waals surface area contributed by atoms with Gasteiger partial charge in [-0.15, -0.1) is 0 Å². The average Bonchev–Trinajstić information content (AvgIpc) is 3.58. The highest BCUT2D eigenvalue weighted by atomic mass is 16.5. The number of methoxy groups -OCH3 is 1. The zero-order valence-electron chi connectivity index (χ0n) is 21.9. The first kappa shape index (κ1) is 25.5. The fourth-order valence-electron chi connectivity index (χ4n) is 5.92. The van der Waals surface area contributed by atoms with E-state index in [1.165, 1.54) is 39.2 Å². The number of aromatic nitrogens is 2. The van der Waals surface area contributed by atoms with Gasteiger partial charge in [-0.1, -0.05) is 43.5 Å². The Bertz CT molecular complexity index is 1210. The highest BCUT2D eigenvalue weighted by Crippen LogP contribution is 2.51. The number of ether oxygens (including phenoxy) is 2. The van der Waals surface area contributed by atoms with Crippen LogP contribution in [0.1, 0.15) is 80.3 Å². The summed E-state index contributed by atoms with van der Waals surface area (Å²) in [6.07, 6.45) is 11.0. The molecule has 2 aromatic carbocycles. The fraction of sp³-hybridized carbons (Fsp3) is 0.484. The van der Waals surface area contributed by atoms with Crippen LogP contribution in [0.3, 0.4) is 0 Å². The van der Waals surface area contributed by atoms with Crippen LogP contribution in [-0.2, 0) is 4.74 Å². The molecule has 2 aliphatic rings. The van der Waals surface area contributed by atoms with Crippen LogP contribution in [0, 0.1) is 11.8 Å². The maximum Gasteiger partial charge on any atom is 0.341 e. The van der Waals surface area contributed by atoms with Gasteiger partial charge in [-0.3, -0.25) is 0 Å². The van der Waals surface area contributed by atoms with Crippen molar-refractivity contribution < 1.29 is 19.4 Å². The minimum Gasteiger partial charge on any atom is -0.490 e. The number of carbonyl (C=O) groups is 1. The molecule has 0 bridgehead atoms. The zero-order valence-corrected chi connectivity index (χ0v) is 21.9. The van der Waals surface area contributed by atoms with Crippen LogP contribution in [0.2, 0.25) is 0 Å². The number of esters is 1. The van der Waals surface area contributed by atoms with Gasteiger partial charge < -0.3 is 14.6 Å². The monoisotopic (exact) mass is 502 g/mol. The van der Waals surface area contributed by atoms with E-state index in [4.69, 9.17) is 9.47 Å². The Kier molecular flexibility index (Phi) is 7.94. The summed E-state index contributed by atoms with van der Waals surface area (Å²) >= 11 is 0. The standard InChI is InChI=1S/C31H38N2O4/c1-21(22-9-4-3-5-10-22)37-27-15-7-12-24(18-27)23-11-6-14-26(17-23)33-30(28-19-25(28)13-8-16-34)29(20-32-33)31(35)36-2/h6-7,11-12,14-15,17-18,20-22,25,28,34H,3-5,8-10,13,16,19H2,1-2H3/t21-,25?,28?/m0/s1. The van der Waals surface area contributed by atoms with E-state index in [1.807, 2.05) is 22.9 Å². The predicted octanol–water partition coefficient (Wildman–Crippen LogP) is 6.55. The first-order valence-corrected chi connectivity index (χ1v) is 13.7. The third-order valence-electron chi connectivity index (χ3n) is 8.11. The molecule has 6 nitrogen and oxygen atoms in total. The molecule has 3 aromatic rings. The van der Waals surface area contributed by atoms with Gasteiger partial charge in [-0.25, -0.2) is 9.48 Å². The Morgan fingerprint density at radius 2 is 1.86 bits per heavy atom. The summed E-state index contributed by atoms with van der Waals surface area (Å²) in [6.45, 7) is 2.39. The third kappa shape index (κ3) is 5.74. The molecule has 37 heavy (non-hydrogen) atoms. The molecule has 0 amide bonds. The van der Waals surface area contributed by atoms with Crippen molar-refractivity contribution in [3.8, 4) is 22.6 Å². The first-order valence-electron chi connectivity index (χ1n) is 13.7. The SMILES string of the molecule is COC(=O)c1cnn(-c2cccc(-c3cccc(O[C@@H](C)C4CCCCC4)c3)c2)c1C1CC1CCCO. The Hall–Kier alpha value is -3.12. The summed E-state index contributed by atoms with van der Waals surface area (Å²) in [7, 11) is 1.41. The molecule has 3 atom stereocenters. The molecular formula is C31H38N2O4. The van der Waals surface area contributed by atoms with Gasteiger partial charge in [0.25, 0.3) is 0 Å². The van der Waals surface area contributed by atoms with Gasteiger partial charge in [0.2, 0.25) is 0 Å². The topological polar surface area (TPSA) is 73.6 Å². The summed E-state index contributed by atoms with van der Waals surface area (Å²) in [5.41, 5.74) is 4.51. The van der Waals surface area contributed by atoms with Gasteiger partial charge >= 0.3 is 5.97 Å². The number of hydrogen-bond donors (Lipinski definition) is 1. The second-order valence-corrected chi connectivity index (χ2v) is 10.6. The molecule has 2 fully saturated rings. The molecule has 1 heterocycles. The van der Waals surface area contributed by atoms with E-state index in [0.717, 1.165) is 47.5 Å². The summed E-state index contributed by atoms with van der Waals surface area (Å²) in [5, 5.41) is 13.9. The van der Waals surface area contributed by atoms with Crippen molar-refractivity contribution in [2.45, 2.75) is 70.3 Å². The maximum atomic E-state index is 12.5. The quantitative estimate of drug-likeness (QED) is 0.318. The van der Waals surface area contributed by atoms with Crippen molar-refractivity contribution in [3.63, 3.8) is 0 Å². The van der Waals surface area contributed by atoms with Gasteiger partial charge in [0, 0.05) is 12.5 Å². The molecule has 0 saturated heterocycles. The van der Waals surface area contributed by atoms with Crippen molar-refractivity contribution in [3.05, 3.63) is 66.0 Å². The van der Waals surface area contributed by atoms with Crippen molar-refractivity contribution in [2.75, 3.05) is 13.7 Å². The number of aliphatic hydroxyl groups is 1. The normalized spacial score (nSPS) is 20.4. The van der Waals surface area contributed by atoms with E-state index >= 15 is 0 Å². The van der Waals surface area contributed by atoms with Gasteiger partial charge in [0.05, 0.1) is 30.8 Å². The molecule has 0 radical (unpaired) electrons. The van der Waals surface area contributed by atoms with Crippen molar-refractivity contribution in [2.24, 2.45) is 11.8 Å². The summed E-state index contributed by atoms with van der Waals surface area (Å²) < 4.78 is 13.3. The van der Waals surface area contributed by atoms with Gasteiger partial charge in [-0.2, -0.15) is 5.10 Å². The van der Waals surface area contributed by atoms with Gasteiger partial charge in [-0.05, 0) is 86.3 Å². The first-order chi connectivity index (χ1) is 18.1. The number of aliphatic hydroxyl groups excluding tert-OH is 1. The average molecular weight is 503 g/mol. The molecule has 0 spiro atoms. The second kappa shape index (κ2) is 11.5. The Morgan fingerprint density at radius 3 is 2.62 bits per heavy atom. The van der Waals surface area contributed by atoms with Crippen LogP contribution in [0.25, 0.3) is 16.8 Å². The molecule has 196 valence electrons. The minimum absolute atomic E-state index is 0.191. The lowest BCUT2D eigenvalue weighted by Gasteiger charge is -2.28. The lowest BCUT2D eigenvalue weighted by atomic mass is 9.86. The zero-order chi connectivity index (χ0) is 25.8. The maximum absolute atomic E-state index is 12.5. The van der Waals surface area contributed by atoms with Crippen LogP contribution < -0.4 is 4.74 Å². The van der Waals surface area contributed by atoms with E-state index in [-0.39, 0.29) is 24.6 Å².